The van der Waals surface area contributed by atoms with E-state index in [1.54, 1.807) is 6.92 Å². The maximum atomic E-state index is 13.2. The van der Waals surface area contributed by atoms with Gasteiger partial charge in [0.25, 0.3) is 0 Å². The van der Waals surface area contributed by atoms with Crippen molar-refractivity contribution in [3.8, 4) is 56.8 Å². The van der Waals surface area contributed by atoms with E-state index in [-0.39, 0.29) is 79.1 Å². The summed E-state index contributed by atoms with van der Waals surface area (Å²) in [5.41, 5.74) is 1.38. The van der Waals surface area contributed by atoms with Crippen LogP contribution in [0.1, 0.15) is 47.1 Å². The lowest BCUT2D eigenvalue weighted by Crippen LogP contribution is -2.14. The summed E-state index contributed by atoms with van der Waals surface area (Å²) in [6, 6.07) is 9.82. The van der Waals surface area contributed by atoms with Crippen molar-refractivity contribution in [2.45, 2.75) is 48.5 Å². The molecule has 3 aromatic carbocycles. The van der Waals surface area contributed by atoms with E-state index < -0.39 is 35.8 Å². The summed E-state index contributed by atoms with van der Waals surface area (Å²) in [4.78, 5) is 76.6. The standard InChI is InChI=1S/C43H40O12/c1-21(2)38(44)50-31-16-14-28(18-33(31)52-40(46)23(5)6)30-20-35(54-42(48)25(9)10)36(37(27(30)13)55-43(49)26(11)12)29-15-17-32(51-39(45)22(3)4)34(19-29)53-41(47)24(7)8/h14-20H,1,3,5,7,9,11H2,2,4,6,8,10,12-13H3. The number of carbonyl (C=O) groups excluding carboxylic acids is 6. The number of rotatable bonds is 14. The average molecular weight is 749 g/mol. The molecule has 0 aliphatic rings. The molecule has 0 fully saturated rings. The second-order valence-electron chi connectivity index (χ2n) is 12.6. The van der Waals surface area contributed by atoms with E-state index in [2.05, 4.69) is 39.5 Å². The molecule has 0 aliphatic carbocycles. The van der Waals surface area contributed by atoms with Crippen LogP contribution in [0.5, 0.6) is 34.5 Å². The first-order valence-corrected chi connectivity index (χ1v) is 16.3. The van der Waals surface area contributed by atoms with Gasteiger partial charge in [-0.05, 0) is 95.5 Å². The topological polar surface area (TPSA) is 158 Å². The molecule has 0 amide bonds. The molecule has 0 saturated carbocycles. The second kappa shape index (κ2) is 17.6. The molecule has 0 heterocycles. The first-order valence-electron chi connectivity index (χ1n) is 16.3. The Bertz CT molecular complexity index is 2250. The highest BCUT2D eigenvalue weighted by Crippen LogP contribution is 2.48. The predicted molar refractivity (Wildman–Crippen MR) is 205 cm³/mol. The van der Waals surface area contributed by atoms with Gasteiger partial charge in [0, 0.05) is 39.0 Å². The zero-order valence-electron chi connectivity index (χ0n) is 31.7. The highest BCUT2D eigenvalue weighted by molar-refractivity contribution is 5.97. The fourth-order valence-corrected chi connectivity index (χ4v) is 4.30. The summed E-state index contributed by atoms with van der Waals surface area (Å²) >= 11 is 0. The van der Waals surface area contributed by atoms with Crippen molar-refractivity contribution in [2.24, 2.45) is 0 Å². The SMILES string of the molecule is C=C(C)C(=O)Oc1ccc(-c2cc(OC(=O)C(=C)C)c(-c3ccc(OC(=O)C(=C)C)c(OC(=O)C(=C)C)c3)c(OC(=O)C(=C)C)c2C)cc1OC(=O)C(=C)C. The molecule has 0 unspecified atom stereocenters. The molecule has 0 spiro atoms. The van der Waals surface area contributed by atoms with Gasteiger partial charge in [0.15, 0.2) is 23.0 Å². The molecule has 12 heteroatoms. The van der Waals surface area contributed by atoms with Crippen LogP contribution >= 0.6 is 0 Å². The zero-order chi connectivity index (χ0) is 41.5. The second-order valence-corrected chi connectivity index (χ2v) is 12.6. The normalized spacial score (nSPS) is 10.2. The van der Waals surface area contributed by atoms with Crippen LogP contribution < -0.4 is 28.4 Å². The highest BCUT2D eigenvalue weighted by atomic mass is 16.6. The van der Waals surface area contributed by atoms with Crippen LogP contribution in [0.15, 0.2) is 115 Å². The van der Waals surface area contributed by atoms with Gasteiger partial charge in [-0.25, -0.2) is 28.8 Å². The van der Waals surface area contributed by atoms with Crippen LogP contribution in [-0.2, 0) is 28.8 Å². The van der Waals surface area contributed by atoms with Gasteiger partial charge in [-0.1, -0.05) is 51.6 Å². The maximum Gasteiger partial charge on any atom is 0.338 e. The lowest BCUT2D eigenvalue weighted by molar-refractivity contribution is -0.132. The summed E-state index contributed by atoms with van der Waals surface area (Å²) in [5.74, 6) is -5.93. The Labute approximate surface area is 318 Å². The Morgan fingerprint density at radius 3 is 1.09 bits per heavy atom. The van der Waals surface area contributed by atoms with Crippen molar-refractivity contribution in [1.29, 1.82) is 0 Å². The van der Waals surface area contributed by atoms with Crippen molar-refractivity contribution < 1.29 is 57.2 Å². The minimum Gasteiger partial charge on any atom is -0.422 e. The summed E-state index contributed by atoms with van der Waals surface area (Å²) in [7, 11) is 0. The predicted octanol–water partition coefficient (Wildman–Crippen LogP) is 8.22. The van der Waals surface area contributed by atoms with Gasteiger partial charge < -0.3 is 28.4 Å². The molecule has 12 nitrogen and oxygen atoms in total. The van der Waals surface area contributed by atoms with Crippen molar-refractivity contribution in [2.75, 3.05) is 0 Å². The molecular weight excluding hydrogens is 708 g/mol. The van der Waals surface area contributed by atoms with Crippen LogP contribution in [0, 0.1) is 6.92 Å². The molecule has 3 aromatic rings. The molecule has 55 heavy (non-hydrogen) atoms. The van der Waals surface area contributed by atoms with Crippen LogP contribution in [-0.4, -0.2) is 35.8 Å². The van der Waals surface area contributed by atoms with Crippen molar-refractivity contribution in [3.05, 3.63) is 121 Å². The molecule has 0 atom stereocenters. The quantitative estimate of drug-likeness (QED) is 0.0885. The monoisotopic (exact) mass is 748 g/mol. The third-order valence-electron chi connectivity index (χ3n) is 7.28. The van der Waals surface area contributed by atoms with Crippen molar-refractivity contribution in [3.63, 3.8) is 0 Å². The van der Waals surface area contributed by atoms with Gasteiger partial charge >= 0.3 is 35.8 Å². The Kier molecular flexibility index (Phi) is 13.6. The smallest absolute Gasteiger partial charge is 0.338 e. The summed E-state index contributed by atoms with van der Waals surface area (Å²) in [6.07, 6.45) is 0. The number of esters is 6. The number of benzene rings is 3. The van der Waals surface area contributed by atoms with Crippen molar-refractivity contribution in [1.82, 2.24) is 0 Å². The van der Waals surface area contributed by atoms with E-state index in [0.717, 1.165) is 0 Å². The number of hydrogen-bond acceptors (Lipinski definition) is 12. The lowest BCUT2D eigenvalue weighted by atomic mass is 9.92. The largest absolute Gasteiger partial charge is 0.422 e. The molecule has 0 bridgehead atoms. The van der Waals surface area contributed by atoms with Gasteiger partial charge in [-0.2, -0.15) is 0 Å². The Balaban J connectivity index is 2.49. The van der Waals surface area contributed by atoms with Crippen LogP contribution in [0.4, 0.5) is 0 Å². The van der Waals surface area contributed by atoms with E-state index in [1.807, 2.05) is 0 Å². The van der Waals surface area contributed by atoms with Crippen molar-refractivity contribution >= 4 is 35.8 Å². The highest BCUT2D eigenvalue weighted by Gasteiger charge is 2.27. The minimum absolute atomic E-state index is 0.0179. The molecule has 0 N–H and O–H groups in total. The van der Waals surface area contributed by atoms with Gasteiger partial charge in [-0.3, -0.25) is 0 Å². The van der Waals surface area contributed by atoms with E-state index in [4.69, 9.17) is 28.4 Å². The van der Waals surface area contributed by atoms with Gasteiger partial charge in [0.2, 0.25) is 0 Å². The Hall–Kier alpha value is -7.08. The third-order valence-corrected chi connectivity index (χ3v) is 7.28. The fourth-order valence-electron chi connectivity index (χ4n) is 4.30. The summed E-state index contributed by atoms with van der Waals surface area (Å²) in [5, 5.41) is 0. The summed E-state index contributed by atoms with van der Waals surface area (Å²) in [6.45, 7) is 31.9. The Morgan fingerprint density at radius 1 is 0.400 bits per heavy atom. The van der Waals surface area contributed by atoms with Crippen LogP contribution in [0.2, 0.25) is 0 Å². The fraction of sp³-hybridized carbons (Fsp3) is 0.163. The molecule has 284 valence electrons. The van der Waals surface area contributed by atoms with E-state index >= 15 is 0 Å². The zero-order valence-corrected chi connectivity index (χ0v) is 31.7. The maximum absolute atomic E-state index is 13.2. The minimum atomic E-state index is -0.854. The molecule has 0 aromatic heterocycles. The third kappa shape index (κ3) is 10.5. The average Bonchev–Trinajstić information content (AvgIpc) is 3.10. The van der Waals surface area contributed by atoms with E-state index in [0.29, 0.717) is 16.7 Å². The van der Waals surface area contributed by atoms with Crippen LogP contribution in [0.3, 0.4) is 0 Å². The number of carbonyl (C=O) groups is 6. The first-order chi connectivity index (χ1) is 25.6. The van der Waals surface area contributed by atoms with Gasteiger partial charge in [-0.15, -0.1) is 0 Å². The summed E-state index contributed by atoms with van der Waals surface area (Å²) < 4.78 is 33.6. The molecule has 3 rings (SSSR count). The van der Waals surface area contributed by atoms with E-state index in [9.17, 15) is 28.8 Å². The first kappa shape index (κ1) is 42.3. The van der Waals surface area contributed by atoms with Crippen LogP contribution in [0.25, 0.3) is 22.3 Å². The number of ether oxygens (including phenoxy) is 6. The molecule has 0 radical (unpaired) electrons. The van der Waals surface area contributed by atoms with Gasteiger partial charge in [0.1, 0.15) is 11.5 Å². The molecule has 0 aliphatic heterocycles. The molecule has 0 saturated heterocycles. The van der Waals surface area contributed by atoms with E-state index in [1.165, 1.54) is 84.0 Å². The molecular formula is C43H40O12. The Morgan fingerprint density at radius 2 is 0.709 bits per heavy atom. The lowest BCUT2D eigenvalue weighted by Gasteiger charge is -2.22. The van der Waals surface area contributed by atoms with Gasteiger partial charge in [0.05, 0.1) is 5.56 Å². The number of hydrogen-bond donors (Lipinski definition) is 0.